The zero-order chi connectivity index (χ0) is 15.4. The maximum absolute atomic E-state index is 12.6. The summed E-state index contributed by atoms with van der Waals surface area (Å²) in [5, 5.41) is 13.4. The van der Waals surface area contributed by atoms with Gasteiger partial charge in [-0.15, -0.1) is 0 Å². The lowest BCUT2D eigenvalue weighted by Crippen LogP contribution is -2.37. The van der Waals surface area contributed by atoms with Gasteiger partial charge in [-0.2, -0.15) is 13.2 Å². The first-order valence-electron chi connectivity index (χ1n) is 6.29. The standard InChI is InChI=1S/C14H20F3NO2/c1-10-8-11(14(15,16)17)4-5-12(10)13(2,19)9-18-6-7-20-3/h4-5,8,18-19H,6-7,9H2,1-3H3. The molecular weight excluding hydrogens is 271 g/mol. The smallest absolute Gasteiger partial charge is 0.384 e. The predicted octanol–water partition coefficient (Wildman–Crippen LogP) is 2.46. The average Bonchev–Trinajstić information content (AvgIpc) is 2.33. The molecule has 0 aliphatic rings. The molecule has 1 aromatic carbocycles. The molecule has 1 aromatic rings. The van der Waals surface area contributed by atoms with Gasteiger partial charge in [-0.05, 0) is 37.1 Å². The molecule has 0 spiro atoms. The predicted molar refractivity (Wildman–Crippen MR) is 70.5 cm³/mol. The molecule has 3 nitrogen and oxygen atoms in total. The molecule has 114 valence electrons. The van der Waals surface area contributed by atoms with E-state index in [9.17, 15) is 18.3 Å². The van der Waals surface area contributed by atoms with Gasteiger partial charge in [0, 0.05) is 20.2 Å². The van der Waals surface area contributed by atoms with Crippen LogP contribution in [0.1, 0.15) is 23.6 Å². The third kappa shape index (κ3) is 4.47. The second-order valence-corrected chi connectivity index (χ2v) is 4.97. The van der Waals surface area contributed by atoms with E-state index in [1.54, 1.807) is 21.0 Å². The third-order valence-electron chi connectivity index (χ3n) is 3.09. The monoisotopic (exact) mass is 291 g/mol. The van der Waals surface area contributed by atoms with E-state index in [1.165, 1.54) is 6.07 Å². The number of aliphatic hydroxyl groups is 1. The molecule has 0 aliphatic carbocycles. The molecule has 1 unspecified atom stereocenters. The van der Waals surface area contributed by atoms with Crippen LogP contribution in [-0.2, 0) is 16.5 Å². The normalized spacial score (nSPS) is 15.2. The van der Waals surface area contributed by atoms with Gasteiger partial charge in [0.05, 0.1) is 17.8 Å². The van der Waals surface area contributed by atoms with Crippen molar-refractivity contribution in [1.82, 2.24) is 5.32 Å². The van der Waals surface area contributed by atoms with Crippen molar-refractivity contribution in [2.75, 3.05) is 26.8 Å². The van der Waals surface area contributed by atoms with Gasteiger partial charge in [-0.3, -0.25) is 0 Å². The molecule has 6 heteroatoms. The maximum Gasteiger partial charge on any atom is 0.416 e. The topological polar surface area (TPSA) is 41.5 Å². The number of methoxy groups -OCH3 is 1. The highest BCUT2D eigenvalue weighted by molar-refractivity contribution is 5.36. The summed E-state index contributed by atoms with van der Waals surface area (Å²) in [4.78, 5) is 0. The lowest BCUT2D eigenvalue weighted by Gasteiger charge is -2.26. The summed E-state index contributed by atoms with van der Waals surface area (Å²) in [5.41, 5.74) is -1.04. The number of rotatable bonds is 6. The van der Waals surface area contributed by atoms with Crippen LogP contribution in [0.25, 0.3) is 0 Å². The number of benzene rings is 1. The van der Waals surface area contributed by atoms with E-state index >= 15 is 0 Å². The van der Waals surface area contributed by atoms with E-state index in [0.717, 1.165) is 12.1 Å². The fourth-order valence-electron chi connectivity index (χ4n) is 2.05. The molecule has 0 aliphatic heterocycles. The van der Waals surface area contributed by atoms with E-state index in [1.807, 2.05) is 0 Å². The fourth-order valence-corrected chi connectivity index (χ4v) is 2.05. The van der Waals surface area contributed by atoms with E-state index in [2.05, 4.69) is 5.32 Å². The van der Waals surface area contributed by atoms with Crippen molar-refractivity contribution in [2.45, 2.75) is 25.6 Å². The van der Waals surface area contributed by atoms with Gasteiger partial charge in [0.2, 0.25) is 0 Å². The first kappa shape index (κ1) is 16.9. The number of ether oxygens (including phenoxy) is 1. The first-order valence-corrected chi connectivity index (χ1v) is 6.29. The minimum atomic E-state index is -4.37. The fraction of sp³-hybridized carbons (Fsp3) is 0.571. The van der Waals surface area contributed by atoms with Gasteiger partial charge >= 0.3 is 6.18 Å². The van der Waals surface area contributed by atoms with Gasteiger partial charge in [-0.25, -0.2) is 0 Å². The number of aryl methyl sites for hydroxylation is 1. The van der Waals surface area contributed by atoms with Crippen molar-refractivity contribution in [2.24, 2.45) is 0 Å². The molecule has 20 heavy (non-hydrogen) atoms. The Balaban J connectivity index is 2.84. The highest BCUT2D eigenvalue weighted by atomic mass is 19.4. The summed E-state index contributed by atoms with van der Waals surface area (Å²) in [6.45, 7) is 4.44. The quantitative estimate of drug-likeness (QED) is 0.791. The Morgan fingerprint density at radius 1 is 1.30 bits per heavy atom. The molecular formula is C14H20F3NO2. The Morgan fingerprint density at radius 3 is 2.45 bits per heavy atom. The van der Waals surface area contributed by atoms with Crippen molar-refractivity contribution >= 4 is 0 Å². The van der Waals surface area contributed by atoms with Gasteiger partial charge in [-0.1, -0.05) is 6.07 Å². The number of hydrogen-bond donors (Lipinski definition) is 2. The Morgan fingerprint density at radius 2 is 1.95 bits per heavy atom. The Bertz CT molecular complexity index is 445. The largest absolute Gasteiger partial charge is 0.416 e. The molecule has 0 fully saturated rings. The third-order valence-corrected chi connectivity index (χ3v) is 3.09. The minimum absolute atomic E-state index is 0.239. The minimum Gasteiger partial charge on any atom is -0.384 e. The first-order chi connectivity index (χ1) is 9.18. The molecule has 2 N–H and O–H groups in total. The molecule has 0 amide bonds. The van der Waals surface area contributed by atoms with Crippen LogP contribution < -0.4 is 5.32 Å². The number of alkyl halides is 3. The van der Waals surface area contributed by atoms with Crippen LogP contribution in [0.2, 0.25) is 0 Å². The Hall–Kier alpha value is -1.11. The summed E-state index contributed by atoms with van der Waals surface area (Å²) >= 11 is 0. The molecule has 0 saturated carbocycles. The Labute approximate surface area is 116 Å². The van der Waals surface area contributed by atoms with Crippen molar-refractivity contribution in [3.8, 4) is 0 Å². The van der Waals surface area contributed by atoms with Gasteiger partial charge in [0.1, 0.15) is 0 Å². The van der Waals surface area contributed by atoms with Gasteiger partial charge in [0.15, 0.2) is 0 Å². The Kier molecular flexibility index (Phi) is 5.56. The molecule has 0 bridgehead atoms. The van der Waals surface area contributed by atoms with Crippen molar-refractivity contribution in [1.29, 1.82) is 0 Å². The SMILES string of the molecule is COCCNCC(C)(O)c1ccc(C(F)(F)F)cc1C. The lowest BCUT2D eigenvalue weighted by molar-refractivity contribution is -0.137. The lowest BCUT2D eigenvalue weighted by atomic mass is 9.90. The molecule has 0 radical (unpaired) electrons. The van der Waals surface area contributed by atoms with Crippen LogP contribution in [0.3, 0.4) is 0 Å². The summed E-state index contributed by atoms with van der Waals surface area (Å²) in [6.07, 6.45) is -4.37. The van der Waals surface area contributed by atoms with Crippen LogP contribution in [-0.4, -0.2) is 31.9 Å². The van der Waals surface area contributed by atoms with Gasteiger partial charge < -0.3 is 15.2 Å². The summed E-state index contributed by atoms with van der Waals surface area (Å²) in [5.74, 6) is 0. The second-order valence-electron chi connectivity index (χ2n) is 4.97. The summed E-state index contributed by atoms with van der Waals surface area (Å²) < 4.78 is 42.7. The molecule has 1 atom stereocenters. The molecule has 0 saturated heterocycles. The summed E-state index contributed by atoms with van der Waals surface area (Å²) in [6, 6.07) is 3.38. The van der Waals surface area contributed by atoms with Crippen LogP contribution >= 0.6 is 0 Å². The van der Waals surface area contributed by atoms with Crippen LogP contribution in [0.15, 0.2) is 18.2 Å². The van der Waals surface area contributed by atoms with Crippen molar-refractivity contribution in [3.63, 3.8) is 0 Å². The van der Waals surface area contributed by atoms with E-state index in [4.69, 9.17) is 4.74 Å². The van der Waals surface area contributed by atoms with Crippen LogP contribution in [0.5, 0.6) is 0 Å². The van der Waals surface area contributed by atoms with Crippen LogP contribution in [0.4, 0.5) is 13.2 Å². The summed E-state index contributed by atoms with van der Waals surface area (Å²) in [7, 11) is 1.57. The highest BCUT2D eigenvalue weighted by Crippen LogP contribution is 2.32. The van der Waals surface area contributed by atoms with E-state index in [0.29, 0.717) is 24.3 Å². The molecule has 1 rings (SSSR count). The van der Waals surface area contributed by atoms with Crippen molar-refractivity contribution in [3.05, 3.63) is 34.9 Å². The van der Waals surface area contributed by atoms with Crippen LogP contribution in [0, 0.1) is 6.92 Å². The molecule has 0 aromatic heterocycles. The zero-order valence-electron chi connectivity index (χ0n) is 11.8. The van der Waals surface area contributed by atoms with E-state index in [-0.39, 0.29) is 6.54 Å². The highest BCUT2D eigenvalue weighted by Gasteiger charge is 2.32. The number of nitrogens with one attached hydrogen (secondary N) is 1. The number of hydrogen-bond acceptors (Lipinski definition) is 3. The maximum atomic E-state index is 12.6. The second kappa shape index (κ2) is 6.56. The zero-order valence-corrected chi connectivity index (χ0v) is 11.8. The molecule has 0 heterocycles. The number of halogens is 3. The van der Waals surface area contributed by atoms with Crippen molar-refractivity contribution < 1.29 is 23.0 Å². The average molecular weight is 291 g/mol. The van der Waals surface area contributed by atoms with E-state index < -0.39 is 17.3 Å². The van der Waals surface area contributed by atoms with Gasteiger partial charge in [0.25, 0.3) is 0 Å².